The van der Waals surface area contributed by atoms with Gasteiger partial charge in [0.2, 0.25) is 0 Å². The molecule has 0 amide bonds. The van der Waals surface area contributed by atoms with Crippen LogP contribution in [0.2, 0.25) is 0 Å². The van der Waals surface area contributed by atoms with Crippen molar-refractivity contribution >= 4 is 0 Å². The van der Waals surface area contributed by atoms with Crippen LogP contribution in [0.4, 0.5) is 0 Å². The first-order valence-corrected chi connectivity index (χ1v) is 7.65. The number of aliphatic hydroxyl groups is 1. The van der Waals surface area contributed by atoms with E-state index in [0.717, 1.165) is 38.3 Å². The van der Waals surface area contributed by atoms with Gasteiger partial charge in [0, 0.05) is 26.0 Å². The Hall–Kier alpha value is -1.65. The lowest BCUT2D eigenvalue weighted by molar-refractivity contribution is 0.0492. The molecule has 2 aromatic rings. The molecule has 2 heterocycles. The Labute approximate surface area is 126 Å². The highest BCUT2D eigenvalue weighted by Gasteiger charge is 2.28. The molecule has 0 bridgehead atoms. The molecule has 4 nitrogen and oxygen atoms in total. The van der Waals surface area contributed by atoms with E-state index in [1.54, 1.807) is 6.20 Å². The summed E-state index contributed by atoms with van der Waals surface area (Å²) in [4.78, 5) is 6.75. The molecule has 21 heavy (non-hydrogen) atoms. The van der Waals surface area contributed by atoms with Crippen LogP contribution in [-0.2, 0) is 13.6 Å². The van der Waals surface area contributed by atoms with Gasteiger partial charge < -0.3 is 9.67 Å². The molecule has 112 valence electrons. The molecular weight excluding hydrogens is 262 g/mol. The van der Waals surface area contributed by atoms with E-state index < -0.39 is 6.10 Å². The van der Waals surface area contributed by atoms with Gasteiger partial charge in [0.05, 0.1) is 0 Å². The lowest BCUT2D eigenvalue weighted by atomic mass is 9.90. The molecular formula is C17H23N3O. The minimum atomic E-state index is -0.441. The molecule has 1 aliphatic rings. The van der Waals surface area contributed by atoms with E-state index in [9.17, 15) is 5.11 Å². The molecule has 1 unspecified atom stereocenters. The summed E-state index contributed by atoms with van der Waals surface area (Å²) in [6.07, 6.45) is 5.26. The zero-order chi connectivity index (χ0) is 14.7. The lowest BCUT2D eigenvalue weighted by Gasteiger charge is -2.34. The maximum Gasteiger partial charge on any atom is 0.137 e. The molecule has 1 aliphatic heterocycles. The molecule has 0 spiro atoms. The number of piperidine rings is 1. The highest BCUT2D eigenvalue weighted by Crippen LogP contribution is 2.30. The summed E-state index contributed by atoms with van der Waals surface area (Å²) in [5.74, 6) is 1.11. The number of hydrogen-bond acceptors (Lipinski definition) is 3. The fourth-order valence-corrected chi connectivity index (χ4v) is 3.14. The number of nitrogens with zero attached hydrogens (tertiary/aromatic N) is 3. The summed E-state index contributed by atoms with van der Waals surface area (Å²) in [5.41, 5.74) is 1.36. The van der Waals surface area contributed by atoms with Crippen molar-refractivity contribution in [1.29, 1.82) is 0 Å². The maximum absolute atomic E-state index is 10.5. The van der Waals surface area contributed by atoms with Crippen LogP contribution in [-0.4, -0.2) is 32.6 Å². The van der Waals surface area contributed by atoms with Crippen LogP contribution in [0, 0.1) is 5.92 Å². The number of hydrogen-bond donors (Lipinski definition) is 1. The Morgan fingerprint density at radius 3 is 2.57 bits per heavy atom. The summed E-state index contributed by atoms with van der Waals surface area (Å²) < 4.78 is 1.92. The normalized spacial score (nSPS) is 18.8. The fourth-order valence-electron chi connectivity index (χ4n) is 3.14. The Morgan fingerprint density at radius 2 is 1.95 bits per heavy atom. The number of imidazole rings is 1. The van der Waals surface area contributed by atoms with E-state index in [4.69, 9.17) is 0 Å². The van der Waals surface area contributed by atoms with Gasteiger partial charge in [0.25, 0.3) is 0 Å². The van der Waals surface area contributed by atoms with Crippen molar-refractivity contribution in [1.82, 2.24) is 14.5 Å². The summed E-state index contributed by atoms with van der Waals surface area (Å²) in [7, 11) is 1.94. The van der Waals surface area contributed by atoms with Crippen LogP contribution in [0.15, 0.2) is 42.7 Å². The quantitative estimate of drug-likeness (QED) is 0.937. The molecule has 1 fully saturated rings. The van der Waals surface area contributed by atoms with Crippen molar-refractivity contribution in [3.63, 3.8) is 0 Å². The molecule has 0 radical (unpaired) electrons. The maximum atomic E-state index is 10.5. The SMILES string of the molecule is Cn1ccnc1C(O)C1CCN(Cc2ccccc2)CC1. The van der Waals surface area contributed by atoms with Crippen molar-refractivity contribution in [3.8, 4) is 0 Å². The Balaban J connectivity index is 1.54. The van der Waals surface area contributed by atoms with Crippen LogP contribution in [0.5, 0.6) is 0 Å². The van der Waals surface area contributed by atoms with E-state index in [1.165, 1.54) is 5.56 Å². The topological polar surface area (TPSA) is 41.3 Å². The molecule has 1 N–H and O–H groups in total. The van der Waals surface area contributed by atoms with E-state index in [0.29, 0.717) is 5.92 Å². The van der Waals surface area contributed by atoms with Crippen LogP contribution in [0.25, 0.3) is 0 Å². The van der Waals surface area contributed by atoms with Gasteiger partial charge in [0.1, 0.15) is 11.9 Å². The van der Waals surface area contributed by atoms with Gasteiger partial charge in [-0.3, -0.25) is 4.90 Å². The molecule has 1 aromatic heterocycles. The summed E-state index contributed by atoms with van der Waals surface area (Å²) in [6, 6.07) is 10.6. The molecule has 1 aromatic carbocycles. The lowest BCUT2D eigenvalue weighted by Crippen LogP contribution is -2.35. The van der Waals surface area contributed by atoms with Crippen molar-refractivity contribution in [2.75, 3.05) is 13.1 Å². The third-order valence-electron chi connectivity index (χ3n) is 4.45. The average molecular weight is 285 g/mol. The summed E-state index contributed by atoms with van der Waals surface area (Å²) >= 11 is 0. The zero-order valence-corrected chi connectivity index (χ0v) is 12.5. The van der Waals surface area contributed by atoms with Crippen LogP contribution in [0.1, 0.15) is 30.3 Å². The largest absolute Gasteiger partial charge is 0.385 e. The highest BCUT2D eigenvalue weighted by atomic mass is 16.3. The third kappa shape index (κ3) is 3.34. The van der Waals surface area contributed by atoms with Crippen molar-refractivity contribution in [3.05, 3.63) is 54.1 Å². The number of aryl methyl sites for hydroxylation is 1. The van der Waals surface area contributed by atoms with Gasteiger partial charge in [-0.05, 0) is 37.4 Å². The van der Waals surface area contributed by atoms with Gasteiger partial charge in [-0.1, -0.05) is 30.3 Å². The van der Waals surface area contributed by atoms with Gasteiger partial charge in [-0.2, -0.15) is 0 Å². The second kappa shape index (κ2) is 6.41. The minimum Gasteiger partial charge on any atom is -0.385 e. The first-order valence-electron chi connectivity index (χ1n) is 7.65. The van der Waals surface area contributed by atoms with Crippen LogP contribution in [0.3, 0.4) is 0 Å². The first-order chi connectivity index (χ1) is 10.2. The second-order valence-electron chi connectivity index (χ2n) is 5.94. The van der Waals surface area contributed by atoms with Crippen LogP contribution < -0.4 is 0 Å². The predicted molar refractivity (Wildman–Crippen MR) is 82.6 cm³/mol. The van der Waals surface area contributed by atoms with Crippen molar-refractivity contribution in [2.45, 2.75) is 25.5 Å². The second-order valence-corrected chi connectivity index (χ2v) is 5.94. The molecule has 4 heteroatoms. The standard InChI is InChI=1S/C17H23N3O/c1-19-12-9-18-17(19)16(21)15-7-10-20(11-8-15)13-14-5-3-2-4-6-14/h2-6,9,12,15-16,21H,7-8,10-11,13H2,1H3. The van der Waals surface area contributed by atoms with Gasteiger partial charge >= 0.3 is 0 Å². The fraction of sp³-hybridized carbons (Fsp3) is 0.471. The number of benzene rings is 1. The Bertz CT molecular complexity index is 558. The average Bonchev–Trinajstić information content (AvgIpc) is 2.94. The van der Waals surface area contributed by atoms with E-state index in [2.05, 4.69) is 40.2 Å². The van der Waals surface area contributed by atoms with E-state index >= 15 is 0 Å². The molecule has 0 aliphatic carbocycles. The summed E-state index contributed by atoms with van der Waals surface area (Å²) in [5, 5.41) is 10.5. The van der Waals surface area contributed by atoms with Crippen LogP contribution >= 0.6 is 0 Å². The first kappa shape index (κ1) is 14.3. The molecule has 0 saturated carbocycles. The monoisotopic (exact) mass is 285 g/mol. The zero-order valence-electron chi connectivity index (χ0n) is 12.5. The Kier molecular flexibility index (Phi) is 4.36. The molecule has 1 saturated heterocycles. The number of aromatic nitrogens is 2. The number of aliphatic hydroxyl groups excluding tert-OH is 1. The van der Waals surface area contributed by atoms with Crippen molar-refractivity contribution < 1.29 is 5.11 Å². The third-order valence-corrected chi connectivity index (χ3v) is 4.45. The minimum absolute atomic E-state index is 0.318. The summed E-state index contributed by atoms with van der Waals surface area (Å²) in [6.45, 7) is 3.09. The van der Waals surface area contributed by atoms with E-state index in [1.807, 2.05) is 17.8 Å². The van der Waals surface area contributed by atoms with Gasteiger partial charge in [-0.25, -0.2) is 4.98 Å². The highest BCUT2D eigenvalue weighted by molar-refractivity contribution is 5.14. The van der Waals surface area contributed by atoms with Crippen molar-refractivity contribution in [2.24, 2.45) is 13.0 Å². The number of rotatable bonds is 4. The molecule has 3 rings (SSSR count). The van der Waals surface area contributed by atoms with Gasteiger partial charge in [-0.15, -0.1) is 0 Å². The van der Waals surface area contributed by atoms with E-state index in [-0.39, 0.29) is 0 Å². The predicted octanol–water partition coefficient (Wildman–Crippen LogP) is 2.37. The number of likely N-dealkylation sites (tertiary alicyclic amines) is 1. The molecule has 1 atom stereocenters. The Morgan fingerprint density at radius 1 is 1.24 bits per heavy atom. The smallest absolute Gasteiger partial charge is 0.137 e. The van der Waals surface area contributed by atoms with Gasteiger partial charge in [0.15, 0.2) is 0 Å².